The molecule has 0 atom stereocenters. The van der Waals surface area contributed by atoms with Crippen molar-refractivity contribution in [3.63, 3.8) is 0 Å². The smallest absolute Gasteiger partial charge is 0.206 e. The molecule has 0 N–H and O–H groups in total. The molecule has 9 heavy (non-hydrogen) atoms. The molecule has 1 radical (unpaired) electrons. The second-order valence-electron chi connectivity index (χ2n) is 1.62. The highest BCUT2D eigenvalue weighted by atomic mass is 32.2. The van der Waals surface area contributed by atoms with E-state index in [0.29, 0.717) is 6.42 Å². The van der Waals surface area contributed by atoms with Gasteiger partial charge >= 0.3 is 0 Å². The van der Waals surface area contributed by atoms with E-state index < -0.39 is 0 Å². The number of carbonyl (C=O) groups excluding carboxylic acids is 1. The standard InChI is InChI=1S/C6H7O2S/c7-2-1-6-5-9-4-3-8-6/h5H,1,3-4H2. The minimum absolute atomic E-state index is 0.299. The predicted octanol–water partition coefficient (Wildman–Crippen LogP) is 1.09. The summed E-state index contributed by atoms with van der Waals surface area (Å²) in [6.07, 6.45) is 2.08. The van der Waals surface area contributed by atoms with E-state index in [-0.39, 0.29) is 0 Å². The molecule has 0 amide bonds. The van der Waals surface area contributed by atoms with Crippen molar-refractivity contribution in [3.05, 3.63) is 11.2 Å². The summed E-state index contributed by atoms with van der Waals surface area (Å²) in [6.45, 7) is 0.720. The Hall–Kier alpha value is -0.440. The van der Waals surface area contributed by atoms with Crippen LogP contribution in [0.3, 0.4) is 0 Å². The van der Waals surface area contributed by atoms with Gasteiger partial charge in [-0.3, -0.25) is 4.79 Å². The summed E-state index contributed by atoms with van der Waals surface area (Å²) in [4.78, 5) is 9.82. The van der Waals surface area contributed by atoms with Gasteiger partial charge in [-0.05, 0) is 0 Å². The van der Waals surface area contributed by atoms with Gasteiger partial charge in [-0.15, -0.1) is 11.8 Å². The summed E-state index contributed by atoms with van der Waals surface area (Å²) in [5.41, 5.74) is 0. The van der Waals surface area contributed by atoms with E-state index in [0.717, 1.165) is 18.1 Å². The molecule has 0 bridgehead atoms. The van der Waals surface area contributed by atoms with Gasteiger partial charge in [-0.25, -0.2) is 0 Å². The third kappa shape index (κ3) is 2.10. The van der Waals surface area contributed by atoms with E-state index in [1.165, 1.54) is 0 Å². The Morgan fingerprint density at radius 2 is 2.78 bits per heavy atom. The lowest BCUT2D eigenvalue weighted by atomic mass is 10.4. The molecule has 2 nitrogen and oxygen atoms in total. The van der Waals surface area contributed by atoms with Gasteiger partial charge in [0.1, 0.15) is 5.76 Å². The quantitative estimate of drug-likeness (QED) is 0.578. The Kier molecular flexibility index (Phi) is 2.64. The zero-order valence-corrected chi connectivity index (χ0v) is 5.74. The topological polar surface area (TPSA) is 26.3 Å². The van der Waals surface area contributed by atoms with E-state index in [1.807, 2.05) is 5.41 Å². The average Bonchev–Trinajstić information content (AvgIpc) is 1.91. The zero-order chi connectivity index (χ0) is 6.53. The van der Waals surface area contributed by atoms with Crippen LogP contribution in [0, 0.1) is 0 Å². The lowest BCUT2D eigenvalue weighted by Crippen LogP contribution is -2.01. The Morgan fingerprint density at radius 3 is 3.33 bits per heavy atom. The molecule has 0 aromatic heterocycles. The second-order valence-corrected chi connectivity index (χ2v) is 2.60. The van der Waals surface area contributed by atoms with E-state index >= 15 is 0 Å². The largest absolute Gasteiger partial charge is 0.496 e. The van der Waals surface area contributed by atoms with Gasteiger partial charge in [-0.1, -0.05) is 0 Å². The molecule has 49 valence electrons. The molecule has 0 spiro atoms. The van der Waals surface area contributed by atoms with Gasteiger partial charge in [0.2, 0.25) is 6.29 Å². The van der Waals surface area contributed by atoms with Crippen molar-refractivity contribution in [3.8, 4) is 0 Å². The van der Waals surface area contributed by atoms with Crippen LogP contribution in [-0.2, 0) is 9.53 Å². The van der Waals surface area contributed by atoms with E-state index in [9.17, 15) is 4.79 Å². The molecule has 1 rings (SSSR count). The fourth-order valence-corrected chi connectivity index (χ4v) is 1.21. The fraction of sp³-hybridized carbons (Fsp3) is 0.500. The second kappa shape index (κ2) is 3.56. The normalized spacial score (nSPS) is 18.0. The van der Waals surface area contributed by atoms with Crippen LogP contribution in [0.1, 0.15) is 6.42 Å². The van der Waals surface area contributed by atoms with Crippen molar-refractivity contribution in [2.45, 2.75) is 6.42 Å². The van der Waals surface area contributed by atoms with Gasteiger partial charge in [0.25, 0.3) is 0 Å². The average molecular weight is 143 g/mol. The molecule has 0 aromatic rings. The number of ether oxygens (including phenoxy) is 1. The van der Waals surface area contributed by atoms with Gasteiger partial charge in [-0.2, -0.15) is 0 Å². The molecular weight excluding hydrogens is 136 g/mol. The fourth-order valence-electron chi connectivity index (χ4n) is 0.571. The molecule has 0 aromatic carbocycles. The van der Waals surface area contributed by atoms with Crippen molar-refractivity contribution >= 4 is 18.0 Å². The van der Waals surface area contributed by atoms with Crippen LogP contribution in [0.25, 0.3) is 0 Å². The summed E-state index contributed by atoms with van der Waals surface area (Å²) >= 11 is 1.68. The van der Waals surface area contributed by atoms with E-state index in [1.54, 1.807) is 18.0 Å². The lowest BCUT2D eigenvalue weighted by molar-refractivity contribution is 0.226. The number of allylic oxidation sites excluding steroid dienone is 1. The van der Waals surface area contributed by atoms with Gasteiger partial charge in [0.05, 0.1) is 13.0 Å². The zero-order valence-electron chi connectivity index (χ0n) is 4.92. The van der Waals surface area contributed by atoms with Gasteiger partial charge in [0, 0.05) is 11.2 Å². The van der Waals surface area contributed by atoms with Crippen LogP contribution in [0.5, 0.6) is 0 Å². The van der Waals surface area contributed by atoms with Crippen LogP contribution in [-0.4, -0.2) is 18.6 Å². The highest BCUT2D eigenvalue weighted by Gasteiger charge is 2.02. The molecule has 0 saturated carbocycles. The predicted molar refractivity (Wildman–Crippen MR) is 36.8 cm³/mol. The molecule has 0 fully saturated rings. The Labute approximate surface area is 58.3 Å². The van der Waals surface area contributed by atoms with Crippen molar-refractivity contribution in [2.24, 2.45) is 0 Å². The number of thioether (sulfide) groups is 1. The molecule has 1 aliphatic rings. The summed E-state index contributed by atoms with van der Waals surface area (Å²) < 4.78 is 5.10. The summed E-state index contributed by atoms with van der Waals surface area (Å²) in [6, 6.07) is 0. The first-order chi connectivity index (χ1) is 4.43. The SMILES string of the molecule is O=[C]CC1=CSCCO1. The Morgan fingerprint density at radius 1 is 1.89 bits per heavy atom. The molecule has 0 unspecified atom stereocenters. The van der Waals surface area contributed by atoms with Crippen molar-refractivity contribution in [2.75, 3.05) is 12.4 Å². The molecule has 3 heteroatoms. The van der Waals surface area contributed by atoms with Crippen LogP contribution in [0.4, 0.5) is 0 Å². The first kappa shape index (κ1) is 6.68. The van der Waals surface area contributed by atoms with Crippen LogP contribution >= 0.6 is 11.8 Å². The van der Waals surface area contributed by atoms with Crippen molar-refractivity contribution in [1.82, 2.24) is 0 Å². The highest BCUT2D eigenvalue weighted by Crippen LogP contribution is 2.16. The van der Waals surface area contributed by atoms with Crippen LogP contribution in [0.2, 0.25) is 0 Å². The Bertz CT molecular complexity index is 131. The molecular formula is C6H7O2S. The minimum atomic E-state index is 0.299. The lowest BCUT2D eigenvalue weighted by Gasteiger charge is -2.11. The van der Waals surface area contributed by atoms with Crippen molar-refractivity contribution < 1.29 is 9.53 Å². The number of rotatable bonds is 2. The molecule has 1 heterocycles. The first-order valence-corrected chi connectivity index (χ1v) is 3.77. The van der Waals surface area contributed by atoms with Gasteiger partial charge in [0.15, 0.2) is 0 Å². The third-order valence-corrected chi connectivity index (χ3v) is 1.78. The number of hydrogen-bond acceptors (Lipinski definition) is 3. The maximum Gasteiger partial charge on any atom is 0.206 e. The van der Waals surface area contributed by atoms with Crippen molar-refractivity contribution in [1.29, 1.82) is 0 Å². The monoisotopic (exact) mass is 143 g/mol. The van der Waals surface area contributed by atoms with E-state index in [4.69, 9.17) is 4.74 Å². The highest BCUT2D eigenvalue weighted by molar-refractivity contribution is 8.02. The summed E-state index contributed by atoms with van der Waals surface area (Å²) in [7, 11) is 0. The Balaban J connectivity index is 2.36. The molecule has 0 aliphatic carbocycles. The van der Waals surface area contributed by atoms with Crippen LogP contribution < -0.4 is 0 Å². The van der Waals surface area contributed by atoms with Crippen LogP contribution in [0.15, 0.2) is 11.2 Å². The molecule has 1 aliphatic heterocycles. The van der Waals surface area contributed by atoms with Gasteiger partial charge < -0.3 is 4.74 Å². The molecule has 0 saturated heterocycles. The first-order valence-electron chi connectivity index (χ1n) is 2.72. The maximum absolute atomic E-state index is 9.82. The number of hydrogen-bond donors (Lipinski definition) is 0. The summed E-state index contributed by atoms with van der Waals surface area (Å²) in [5.74, 6) is 1.74. The van der Waals surface area contributed by atoms with E-state index in [2.05, 4.69) is 0 Å². The minimum Gasteiger partial charge on any atom is -0.496 e. The summed E-state index contributed by atoms with van der Waals surface area (Å²) in [5, 5.41) is 1.87. The third-order valence-electron chi connectivity index (χ3n) is 0.950. The maximum atomic E-state index is 9.82.